The van der Waals surface area contributed by atoms with Crippen molar-refractivity contribution in [2.45, 2.75) is 6.92 Å². The lowest BCUT2D eigenvalue weighted by Gasteiger charge is -2.07. The van der Waals surface area contributed by atoms with Crippen LogP contribution in [0.15, 0.2) is 30.7 Å². The van der Waals surface area contributed by atoms with Gasteiger partial charge >= 0.3 is 5.97 Å². The summed E-state index contributed by atoms with van der Waals surface area (Å²) in [6, 6.07) is 3.32. The molecule has 0 fully saturated rings. The van der Waals surface area contributed by atoms with E-state index in [0.29, 0.717) is 23.7 Å². The molecular weight excluding hydrogens is 220 g/mol. The van der Waals surface area contributed by atoms with Gasteiger partial charge < -0.3 is 10.5 Å². The van der Waals surface area contributed by atoms with Gasteiger partial charge in [-0.05, 0) is 19.1 Å². The van der Waals surface area contributed by atoms with Crippen molar-refractivity contribution >= 4 is 11.7 Å². The van der Waals surface area contributed by atoms with E-state index in [1.165, 1.54) is 6.20 Å². The number of nitrogen functional groups attached to an aromatic ring is 1. The molecule has 6 heteroatoms. The summed E-state index contributed by atoms with van der Waals surface area (Å²) in [4.78, 5) is 15.7. The maximum Gasteiger partial charge on any atom is 0.340 e. The molecule has 2 aromatic heterocycles. The largest absolute Gasteiger partial charge is 0.462 e. The smallest absolute Gasteiger partial charge is 0.340 e. The van der Waals surface area contributed by atoms with Gasteiger partial charge in [-0.3, -0.25) is 0 Å². The number of anilines is 1. The van der Waals surface area contributed by atoms with Crippen LogP contribution in [0.25, 0.3) is 5.82 Å². The summed E-state index contributed by atoms with van der Waals surface area (Å²) in [5.41, 5.74) is 6.27. The second kappa shape index (κ2) is 4.65. The van der Waals surface area contributed by atoms with Crippen molar-refractivity contribution in [3.63, 3.8) is 0 Å². The summed E-state index contributed by atoms with van der Waals surface area (Å²) in [5.74, 6) is 0.0630. The Balaban J connectivity index is 2.39. The Morgan fingerprint density at radius 2 is 2.41 bits per heavy atom. The summed E-state index contributed by atoms with van der Waals surface area (Å²) >= 11 is 0. The first-order valence-corrected chi connectivity index (χ1v) is 5.15. The molecule has 0 aliphatic carbocycles. The lowest BCUT2D eigenvalue weighted by molar-refractivity contribution is 0.0527. The van der Waals surface area contributed by atoms with Crippen molar-refractivity contribution in [1.82, 2.24) is 14.8 Å². The van der Waals surface area contributed by atoms with Crippen LogP contribution in [0.3, 0.4) is 0 Å². The first-order valence-electron chi connectivity index (χ1n) is 5.15. The van der Waals surface area contributed by atoms with Gasteiger partial charge in [-0.1, -0.05) is 0 Å². The van der Waals surface area contributed by atoms with E-state index in [9.17, 15) is 4.79 Å². The van der Waals surface area contributed by atoms with Crippen molar-refractivity contribution in [2.75, 3.05) is 12.3 Å². The second-order valence-corrected chi connectivity index (χ2v) is 3.30. The number of pyridine rings is 1. The highest BCUT2D eigenvalue weighted by Gasteiger charge is 2.13. The molecule has 2 heterocycles. The van der Waals surface area contributed by atoms with Gasteiger partial charge in [0, 0.05) is 12.4 Å². The minimum atomic E-state index is -0.458. The Morgan fingerprint density at radius 3 is 3.06 bits per heavy atom. The monoisotopic (exact) mass is 232 g/mol. The van der Waals surface area contributed by atoms with Gasteiger partial charge in [0.25, 0.3) is 0 Å². The zero-order chi connectivity index (χ0) is 12.3. The van der Waals surface area contributed by atoms with Crippen LogP contribution in [0, 0.1) is 0 Å². The zero-order valence-corrected chi connectivity index (χ0v) is 9.33. The number of hydrogen-bond donors (Lipinski definition) is 1. The van der Waals surface area contributed by atoms with Gasteiger partial charge in [0.15, 0.2) is 5.82 Å². The molecule has 0 spiro atoms. The van der Waals surface area contributed by atoms with E-state index in [4.69, 9.17) is 10.5 Å². The highest BCUT2D eigenvalue weighted by atomic mass is 16.5. The van der Waals surface area contributed by atoms with Gasteiger partial charge in [0.2, 0.25) is 0 Å². The Labute approximate surface area is 98.0 Å². The van der Waals surface area contributed by atoms with Crippen LogP contribution in [-0.4, -0.2) is 27.3 Å². The topological polar surface area (TPSA) is 83.0 Å². The Kier molecular flexibility index (Phi) is 3.04. The lowest BCUT2D eigenvalue weighted by atomic mass is 10.2. The normalized spacial score (nSPS) is 10.2. The van der Waals surface area contributed by atoms with E-state index in [1.807, 2.05) is 0 Å². The number of nitrogens with zero attached hydrogens (tertiary/aromatic N) is 3. The maximum atomic E-state index is 11.6. The van der Waals surface area contributed by atoms with Gasteiger partial charge in [-0.15, -0.1) is 0 Å². The van der Waals surface area contributed by atoms with Crippen LogP contribution in [0.1, 0.15) is 17.3 Å². The number of esters is 1. The van der Waals surface area contributed by atoms with Crippen LogP contribution < -0.4 is 5.73 Å². The Morgan fingerprint density at radius 1 is 1.59 bits per heavy atom. The summed E-state index contributed by atoms with van der Waals surface area (Å²) in [7, 11) is 0. The Hall–Kier alpha value is -2.37. The zero-order valence-electron chi connectivity index (χ0n) is 9.33. The summed E-state index contributed by atoms with van der Waals surface area (Å²) in [5, 5.41) is 4.02. The summed E-state index contributed by atoms with van der Waals surface area (Å²) < 4.78 is 6.45. The Bertz CT molecular complexity index is 522. The fraction of sp³-hybridized carbons (Fsp3) is 0.182. The van der Waals surface area contributed by atoms with E-state index >= 15 is 0 Å². The number of aromatic nitrogens is 3. The maximum absolute atomic E-state index is 11.6. The minimum absolute atomic E-state index is 0.291. The van der Waals surface area contributed by atoms with Crippen molar-refractivity contribution in [1.29, 1.82) is 0 Å². The molecule has 6 nitrogen and oxygen atoms in total. The van der Waals surface area contributed by atoms with E-state index < -0.39 is 5.97 Å². The molecule has 2 aromatic rings. The number of rotatable bonds is 3. The third-order valence-corrected chi connectivity index (χ3v) is 2.15. The van der Waals surface area contributed by atoms with Gasteiger partial charge in [0.05, 0.1) is 24.1 Å². The molecule has 17 heavy (non-hydrogen) atoms. The third-order valence-electron chi connectivity index (χ3n) is 2.15. The minimum Gasteiger partial charge on any atom is -0.462 e. The molecule has 2 N–H and O–H groups in total. The number of carbonyl (C=O) groups excluding carboxylic acids is 1. The number of hydrogen-bond acceptors (Lipinski definition) is 5. The van der Waals surface area contributed by atoms with Crippen LogP contribution in [0.4, 0.5) is 5.69 Å². The van der Waals surface area contributed by atoms with Gasteiger partial charge in [-0.2, -0.15) is 5.10 Å². The molecule has 0 unspecified atom stereocenters. The van der Waals surface area contributed by atoms with Crippen molar-refractivity contribution in [3.05, 3.63) is 36.3 Å². The third kappa shape index (κ3) is 2.25. The van der Waals surface area contributed by atoms with E-state index in [-0.39, 0.29) is 0 Å². The molecular formula is C11H12N4O2. The average Bonchev–Trinajstić information content (AvgIpc) is 2.83. The van der Waals surface area contributed by atoms with Crippen molar-refractivity contribution in [3.8, 4) is 5.82 Å². The van der Waals surface area contributed by atoms with Crippen LogP contribution in [0.5, 0.6) is 0 Å². The molecule has 0 radical (unpaired) electrons. The van der Waals surface area contributed by atoms with E-state index in [0.717, 1.165) is 0 Å². The fourth-order valence-electron chi connectivity index (χ4n) is 1.37. The molecule has 0 amide bonds. The molecule has 0 aliphatic heterocycles. The molecule has 0 atom stereocenters. The predicted molar refractivity (Wildman–Crippen MR) is 61.7 cm³/mol. The predicted octanol–water partition coefficient (Wildman–Crippen LogP) is 1.03. The highest BCUT2D eigenvalue weighted by Crippen LogP contribution is 2.15. The van der Waals surface area contributed by atoms with Crippen molar-refractivity contribution in [2.24, 2.45) is 0 Å². The average molecular weight is 232 g/mol. The van der Waals surface area contributed by atoms with E-state index in [2.05, 4.69) is 10.1 Å². The van der Waals surface area contributed by atoms with E-state index in [1.54, 1.807) is 36.1 Å². The number of carbonyl (C=O) groups is 1. The number of nitrogens with two attached hydrogens (primary N) is 1. The molecule has 88 valence electrons. The molecule has 0 aromatic carbocycles. The van der Waals surface area contributed by atoms with Gasteiger partial charge in [0.1, 0.15) is 0 Å². The first kappa shape index (κ1) is 11.1. The van der Waals surface area contributed by atoms with Crippen LogP contribution >= 0.6 is 0 Å². The fourth-order valence-corrected chi connectivity index (χ4v) is 1.37. The van der Waals surface area contributed by atoms with Crippen LogP contribution in [-0.2, 0) is 4.74 Å². The SMILES string of the molecule is CCOC(=O)c1cc(-n2cccn2)ncc1N. The summed E-state index contributed by atoms with van der Waals surface area (Å²) in [6.07, 6.45) is 4.78. The quantitative estimate of drug-likeness (QED) is 0.799. The molecule has 0 bridgehead atoms. The molecule has 2 rings (SSSR count). The molecule has 0 aliphatic rings. The molecule has 0 saturated carbocycles. The second-order valence-electron chi connectivity index (χ2n) is 3.30. The number of ether oxygens (including phenoxy) is 1. The van der Waals surface area contributed by atoms with Crippen molar-refractivity contribution < 1.29 is 9.53 Å². The lowest BCUT2D eigenvalue weighted by Crippen LogP contribution is -2.10. The standard InChI is InChI=1S/C11H12N4O2/c1-2-17-11(16)8-6-10(13-7-9(8)12)15-5-3-4-14-15/h3-7H,2,12H2,1H3. The summed E-state index contributed by atoms with van der Waals surface area (Å²) in [6.45, 7) is 2.04. The van der Waals surface area contributed by atoms with Crippen LogP contribution in [0.2, 0.25) is 0 Å². The molecule has 0 saturated heterocycles. The first-order chi connectivity index (χ1) is 8.22. The van der Waals surface area contributed by atoms with Gasteiger partial charge in [-0.25, -0.2) is 14.5 Å². The highest BCUT2D eigenvalue weighted by molar-refractivity contribution is 5.95.